The van der Waals surface area contributed by atoms with Crippen molar-refractivity contribution >= 4 is 36.5 Å². The number of benzene rings is 1. The smallest absolute Gasteiger partial charge is 0.194 e. The zero-order valence-electron chi connectivity index (χ0n) is 9.77. The fourth-order valence-electron chi connectivity index (χ4n) is 1.58. The predicted octanol–water partition coefficient (Wildman–Crippen LogP) is 1.80. The van der Waals surface area contributed by atoms with Crippen LogP contribution in [0.5, 0.6) is 0 Å². The lowest BCUT2D eigenvalue weighted by atomic mass is 9.93. The van der Waals surface area contributed by atoms with Gasteiger partial charge in [-0.25, -0.2) is 4.98 Å². The summed E-state index contributed by atoms with van der Waals surface area (Å²) >= 11 is 5.78. The molecule has 0 unspecified atom stereocenters. The first-order valence-corrected chi connectivity index (χ1v) is 5.73. The minimum Gasteiger partial charge on any atom is -0.374 e. The van der Waals surface area contributed by atoms with Crippen molar-refractivity contribution in [2.24, 2.45) is 0 Å². The topological polar surface area (TPSA) is 42.0 Å². The third-order valence-electron chi connectivity index (χ3n) is 2.52. The van der Waals surface area contributed by atoms with E-state index < -0.39 is 0 Å². The molecule has 0 spiro atoms. The van der Waals surface area contributed by atoms with Crippen LogP contribution in [0.1, 0.15) is 15.9 Å². The molecule has 1 aromatic heterocycles. The first-order chi connectivity index (χ1) is 8.61. The molecule has 0 aliphatic rings. The number of pyridine rings is 1. The average molecular weight is 257 g/mol. The van der Waals surface area contributed by atoms with Crippen LogP contribution in [0.4, 0.5) is 5.82 Å². The van der Waals surface area contributed by atoms with E-state index in [9.17, 15) is 4.79 Å². The van der Waals surface area contributed by atoms with Crippen LogP contribution in [-0.4, -0.2) is 25.7 Å². The van der Waals surface area contributed by atoms with Gasteiger partial charge in [0.25, 0.3) is 0 Å². The summed E-state index contributed by atoms with van der Waals surface area (Å²) in [5.41, 5.74) is 1.45. The number of carbonyl (C=O) groups is 1. The van der Waals surface area contributed by atoms with Gasteiger partial charge in [0.2, 0.25) is 0 Å². The molecule has 18 heavy (non-hydrogen) atoms. The van der Waals surface area contributed by atoms with Crippen LogP contribution in [0.3, 0.4) is 0 Å². The number of carbonyl (C=O) groups excluding carboxylic acids is 1. The van der Waals surface area contributed by atoms with E-state index in [2.05, 4.69) is 10.3 Å². The van der Waals surface area contributed by atoms with Crippen LogP contribution in [0.25, 0.3) is 0 Å². The molecule has 2 aromatic rings. The Balaban J connectivity index is 2.34. The molecule has 0 aliphatic heterocycles. The van der Waals surface area contributed by atoms with Crippen LogP contribution in [0.2, 0.25) is 5.02 Å². The van der Waals surface area contributed by atoms with Gasteiger partial charge in [0.15, 0.2) is 5.78 Å². The highest BCUT2D eigenvalue weighted by Crippen LogP contribution is 2.13. The lowest BCUT2D eigenvalue weighted by Gasteiger charge is -2.06. The number of aromatic nitrogens is 1. The van der Waals surface area contributed by atoms with Gasteiger partial charge < -0.3 is 5.32 Å². The van der Waals surface area contributed by atoms with Crippen LogP contribution >= 0.6 is 11.6 Å². The molecule has 5 heteroatoms. The molecule has 2 radical (unpaired) electrons. The standard InChI is InChI=1S/C13H10BClN2O/c1-16-13-11(14)6-9(7-17-13)12(18)8-2-4-10(15)5-3-8/h2-7H,1H3,(H,16,17). The zero-order valence-corrected chi connectivity index (χ0v) is 10.5. The number of halogens is 1. The molecule has 0 aliphatic carbocycles. The molecular weight excluding hydrogens is 246 g/mol. The Bertz CT molecular complexity index is 584. The number of hydrogen-bond acceptors (Lipinski definition) is 3. The second kappa shape index (κ2) is 5.23. The summed E-state index contributed by atoms with van der Waals surface area (Å²) in [7, 11) is 7.50. The Labute approximate surface area is 112 Å². The fraction of sp³-hybridized carbons (Fsp3) is 0.0769. The Hall–Kier alpha value is -1.81. The van der Waals surface area contributed by atoms with E-state index in [0.717, 1.165) is 0 Å². The third-order valence-corrected chi connectivity index (χ3v) is 2.77. The van der Waals surface area contributed by atoms with Crippen molar-refractivity contribution in [2.45, 2.75) is 0 Å². The first kappa shape index (κ1) is 12.6. The number of anilines is 1. The minimum absolute atomic E-state index is 0.131. The van der Waals surface area contributed by atoms with E-state index >= 15 is 0 Å². The lowest BCUT2D eigenvalue weighted by Crippen LogP contribution is -2.15. The van der Waals surface area contributed by atoms with Gasteiger partial charge in [-0.15, -0.1) is 0 Å². The Morgan fingerprint density at radius 2 is 1.94 bits per heavy atom. The van der Waals surface area contributed by atoms with Crippen LogP contribution in [0, 0.1) is 0 Å². The van der Waals surface area contributed by atoms with Crippen molar-refractivity contribution < 1.29 is 4.79 Å². The Morgan fingerprint density at radius 1 is 1.28 bits per heavy atom. The molecule has 0 fully saturated rings. The maximum atomic E-state index is 12.2. The molecule has 1 aromatic carbocycles. The monoisotopic (exact) mass is 256 g/mol. The van der Waals surface area contributed by atoms with Gasteiger partial charge in [-0.1, -0.05) is 23.1 Å². The van der Waals surface area contributed by atoms with Crippen molar-refractivity contribution in [1.29, 1.82) is 0 Å². The summed E-state index contributed by atoms with van der Waals surface area (Å²) in [5, 5.41) is 3.44. The van der Waals surface area contributed by atoms with E-state index in [4.69, 9.17) is 19.4 Å². The fourth-order valence-corrected chi connectivity index (χ4v) is 1.71. The van der Waals surface area contributed by atoms with E-state index in [0.29, 0.717) is 27.4 Å². The maximum absolute atomic E-state index is 12.2. The van der Waals surface area contributed by atoms with Gasteiger partial charge in [0.05, 0.1) is 0 Å². The summed E-state index contributed by atoms with van der Waals surface area (Å²) in [4.78, 5) is 16.2. The van der Waals surface area contributed by atoms with Gasteiger partial charge in [-0.3, -0.25) is 4.79 Å². The van der Waals surface area contributed by atoms with Crippen molar-refractivity contribution in [2.75, 3.05) is 12.4 Å². The molecule has 1 heterocycles. The largest absolute Gasteiger partial charge is 0.374 e. The second-order valence-electron chi connectivity index (χ2n) is 3.75. The summed E-state index contributed by atoms with van der Waals surface area (Å²) in [6.07, 6.45) is 1.50. The van der Waals surface area contributed by atoms with Crippen molar-refractivity contribution in [3.05, 3.63) is 52.7 Å². The van der Waals surface area contributed by atoms with E-state index in [1.807, 2.05) is 0 Å². The summed E-state index contributed by atoms with van der Waals surface area (Å²) in [6, 6.07) is 8.30. The van der Waals surface area contributed by atoms with Gasteiger partial charge >= 0.3 is 0 Å². The van der Waals surface area contributed by atoms with Crippen molar-refractivity contribution in [3.63, 3.8) is 0 Å². The van der Waals surface area contributed by atoms with Crippen LogP contribution in [0.15, 0.2) is 36.5 Å². The second-order valence-corrected chi connectivity index (χ2v) is 4.18. The third kappa shape index (κ3) is 2.54. The highest BCUT2D eigenvalue weighted by atomic mass is 35.5. The molecule has 0 saturated carbocycles. The van der Waals surface area contributed by atoms with Gasteiger partial charge in [-0.05, 0) is 24.3 Å². The summed E-state index contributed by atoms with van der Waals surface area (Å²) in [6.45, 7) is 0. The highest BCUT2D eigenvalue weighted by Gasteiger charge is 2.10. The molecule has 1 N–H and O–H groups in total. The summed E-state index contributed by atoms with van der Waals surface area (Å²) in [5.74, 6) is 0.427. The highest BCUT2D eigenvalue weighted by molar-refractivity contribution is 6.36. The Morgan fingerprint density at radius 3 is 2.50 bits per heavy atom. The number of nitrogens with zero attached hydrogens (tertiary/aromatic N) is 1. The molecule has 88 valence electrons. The number of nitrogens with one attached hydrogen (secondary N) is 1. The average Bonchev–Trinajstić information content (AvgIpc) is 2.38. The van der Waals surface area contributed by atoms with Gasteiger partial charge in [-0.2, -0.15) is 0 Å². The predicted molar refractivity (Wildman–Crippen MR) is 74.1 cm³/mol. The SMILES string of the molecule is [B]c1cc(C(=O)c2ccc(Cl)cc2)cnc1NC. The number of ketones is 1. The molecule has 0 bridgehead atoms. The van der Waals surface area contributed by atoms with E-state index in [-0.39, 0.29) is 5.78 Å². The summed E-state index contributed by atoms with van der Waals surface area (Å²) < 4.78 is 0. The molecule has 0 amide bonds. The molecule has 0 saturated heterocycles. The van der Waals surface area contributed by atoms with Gasteiger partial charge in [0.1, 0.15) is 13.7 Å². The van der Waals surface area contributed by atoms with Crippen molar-refractivity contribution in [3.8, 4) is 0 Å². The zero-order chi connectivity index (χ0) is 13.1. The van der Waals surface area contributed by atoms with Crippen LogP contribution < -0.4 is 10.8 Å². The Kier molecular flexibility index (Phi) is 3.67. The molecular formula is C13H10BClN2O. The molecule has 3 nitrogen and oxygen atoms in total. The first-order valence-electron chi connectivity index (χ1n) is 5.35. The molecule has 2 rings (SSSR count). The maximum Gasteiger partial charge on any atom is 0.194 e. The molecule has 0 atom stereocenters. The van der Waals surface area contributed by atoms with Gasteiger partial charge in [0, 0.05) is 29.4 Å². The minimum atomic E-state index is -0.131. The van der Waals surface area contributed by atoms with E-state index in [1.165, 1.54) is 6.20 Å². The number of rotatable bonds is 3. The van der Waals surface area contributed by atoms with Crippen LogP contribution in [-0.2, 0) is 0 Å². The number of hydrogen-bond donors (Lipinski definition) is 1. The van der Waals surface area contributed by atoms with Crippen molar-refractivity contribution in [1.82, 2.24) is 4.98 Å². The quantitative estimate of drug-likeness (QED) is 0.673. The normalized spacial score (nSPS) is 10.1. The lowest BCUT2D eigenvalue weighted by molar-refractivity contribution is 0.103. The van der Waals surface area contributed by atoms with E-state index in [1.54, 1.807) is 37.4 Å².